The van der Waals surface area contributed by atoms with Gasteiger partial charge in [0.05, 0.1) is 39.4 Å². The average Bonchev–Trinajstić information content (AvgIpc) is 3.71. The molecule has 5 heterocycles. The Hall–Kier alpha value is -4.58. The second-order valence-electron chi connectivity index (χ2n) is 12.1. The van der Waals surface area contributed by atoms with E-state index in [1.165, 1.54) is 13.2 Å². The van der Waals surface area contributed by atoms with Gasteiger partial charge in [-0.2, -0.15) is 15.2 Å². The molecule has 2 aromatic carbocycles. The molecule has 248 valence electrons. The summed E-state index contributed by atoms with van der Waals surface area (Å²) < 4.78 is 58.6. The third kappa shape index (κ3) is 5.08. The Labute approximate surface area is 282 Å². The summed E-state index contributed by atoms with van der Waals surface area (Å²) in [4.78, 5) is 15.4. The second kappa shape index (κ2) is 12.1. The van der Waals surface area contributed by atoms with E-state index in [1.54, 1.807) is 18.3 Å². The number of anilines is 3. The lowest BCUT2D eigenvalue weighted by atomic mass is 9.95. The van der Waals surface area contributed by atoms with Crippen LogP contribution in [-0.2, 0) is 0 Å². The number of methoxy groups -OCH3 is 1. The Morgan fingerprint density at radius 2 is 2.06 bits per heavy atom. The number of hydrogen-bond donors (Lipinski definition) is 3. The van der Waals surface area contributed by atoms with Gasteiger partial charge in [-0.15, -0.1) is 11.3 Å². The van der Waals surface area contributed by atoms with Gasteiger partial charge in [-0.1, -0.05) is 23.7 Å². The van der Waals surface area contributed by atoms with Crippen LogP contribution >= 0.6 is 22.9 Å². The van der Waals surface area contributed by atoms with Gasteiger partial charge >= 0.3 is 6.01 Å². The van der Waals surface area contributed by atoms with Gasteiger partial charge in [-0.3, -0.25) is 4.90 Å². The summed E-state index contributed by atoms with van der Waals surface area (Å²) in [6.45, 7) is 3.02. The largest absolute Gasteiger partial charge is 0.494 e. The van der Waals surface area contributed by atoms with Crippen LogP contribution < -0.4 is 26.3 Å². The molecular weight excluding hydrogens is 665 g/mol. The van der Waals surface area contributed by atoms with Crippen molar-refractivity contribution in [3.63, 3.8) is 0 Å². The van der Waals surface area contributed by atoms with Crippen molar-refractivity contribution in [3.8, 4) is 29.0 Å². The minimum Gasteiger partial charge on any atom is -0.494 e. The number of pyridine rings is 1. The number of ether oxygens (including phenoxy) is 2. The standard InChI is InChI=1S/C33H30ClF3N8O2S/c1-15(17-5-3-9-41-29(17)39)42-31-23-26(43-32(44-31)47-14-33-8-4-10-45(33)13-16(35)11-33)25(37)22(24(34)27(23)46-2)18-6-7-20(36)28-21(18)19(12-38)30(40)48-28/h3,5-7,9,15-16H,4,8,10-11,13-14,40H2,1-2H3,(H2,39,41)(H,42,43,44)/t15?,16-,33?/m1/s1. The fraction of sp³-hybridized carbons (Fsp3) is 0.333. The fourth-order valence-corrected chi connectivity index (χ4v) is 8.39. The number of aromatic nitrogens is 3. The van der Waals surface area contributed by atoms with Gasteiger partial charge in [0.1, 0.15) is 46.8 Å². The zero-order valence-corrected chi connectivity index (χ0v) is 27.5. The highest BCUT2D eigenvalue weighted by molar-refractivity contribution is 7.23. The molecule has 3 atom stereocenters. The lowest BCUT2D eigenvalue weighted by Gasteiger charge is -2.31. The number of nitrogens with zero attached hydrogens (tertiary/aromatic N) is 5. The van der Waals surface area contributed by atoms with Gasteiger partial charge in [-0.05, 0) is 44.0 Å². The van der Waals surface area contributed by atoms with Crippen LogP contribution in [-0.4, -0.2) is 58.4 Å². The third-order valence-corrected chi connectivity index (χ3v) is 10.7. The maximum Gasteiger partial charge on any atom is 0.319 e. The summed E-state index contributed by atoms with van der Waals surface area (Å²) in [6.07, 6.45) is 2.56. The smallest absolute Gasteiger partial charge is 0.319 e. The molecule has 10 nitrogen and oxygen atoms in total. The van der Waals surface area contributed by atoms with Crippen LogP contribution in [0.5, 0.6) is 11.8 Å². The van der Waals surface area contributed by atoms with Crippen molar-refractivity contribution in [1.29, 1.82) is 5.26 Å². The number of nitrogens with two attached hydrogens (primary N) is 2. The first kappa shape index (κ1) is 32.0. The normalized spacial score (nSPS) is 19.8. The Balaban J connectivity index is 1.44. The number of nitrogen functional groups attached to an aromatic ring is 2. The summed E-state index contributed by atoms with van der Waals surface area (Å²) in [5.74, 6) is -1.05. The minimum absolute atomic E-state index is 0.000847. The molecule has 48 heavy (non-hydrogen) atoms. The number of thiophene rings is 1. The van der Waals surface area contributed by atoms with Crippen molar-refractivity contribution in [3.05, 3.63) is 58.2 Å². The second-order valence-corrected chi connectivity index (χ2v) is 13.5. The van der Waals surface area contributed by atoms with E-state index in [2.05, 4.69) is 25.2 Å². The van der Waals surface area contributed by atoms with Gasteiger partial charge in [0, 0.05) is 35.7 Å². The number of nitriles is 1. The van der Waals surface area contributed by atoms with Crippen molar-refractivity contribution >= 4 is 60.6 Å². The Bertz CT molecular complexity index is 2140. The molecule has 2 fully saturated rings. The third-order valence-electron chi connectivity index (χ3n) is 9.29. The molecule has 2 saturated heterocycles. The van der Waals surface area contributed by atoms with E-state index in [0.717, 1.165) is 36.8 Å². The van der Waals surface area contributed by atoms with Crippen molar-refractivity contribution in [2.75, 3.05) is 43.6 Å². The number of benzene rings is 2. The molecule has 0 radical (unpaired) electrons. The van der Waals surface area contributed by atoms with Crippen molar-refractivity contribution in [2.45, 2.75) is 43.9 Å². The molecule has 2 aliphatic heterocycles. The summed E-state index contributed by atoms with van der Waals surface area (Å²) in [7, 11) is 1.36. The van der Waals surface area contributed by atoms with Crippen LogP contribution in [0.2, 0.25) is 5.02 Å². The van der Waals surface area contributed by atoms with Crippen molar-refractivity contribution in [2.24, 2.45) is 0 Å². The molecule has 0 amide bonds. The molecule has 3 aromatic heterocycles. The minimum atomic E-state index is -0.974. The van der Waals surface area contributed by atoms with E-state index < -0.39 is 29.4 Å². The molecule has 0 bridgehead atoms. The van der Waals surface area contributed by atoms with E-state index in [4.69, 9.17) is 32.5 Å². The van der Waals surface area contributed by atoms with Gasteiger partial charge in [-0.25, -0.2) is 18.2 Å². The van der Waals surface area contributed by atoms with E-state index in [-0.39, 0.29) is 77.7 Å². The summed E-state index contributed by atoms with van der Waals surface area (Å²) in [5.41, 5.74) is 12.1. The molecular formula is C33H30ClF3N8O2S. The molecule has 0 saturated carbocycles. The molecule has 0 aliphatic carbocycles. The zero-order valence-electron chi connectivity index (χ0n) is 25.9. The Morgan fingerprint density at radius 1 is 1.25 bits per heavy atom. The van der Waals surface area contributed by atoms with Gasteiger partial charge in [0.2, 0.25) is 0 Å². The SMILES string of the molecule is COc1c(Cl)c(-c2ccc(F)c3sc(N)c(C#N)c23)c(F)c2nc(OCC34CCCN3C[C@H](F)C4)nc(NC(C)c3cccnc3N)c12. The first-order chi connectivity index (χ1) is 23.1. The first-order valence-electron chi connectivity index (χ1n) is 15.2. The van der Waals surface area contributed by atoms with E-state index in [0.29, 0.717) is 18.5 Å². The zero-order chi connectivity index (χ0) is 33.9. The quantitative estimate of drug-likeness (QED) is 0.155. The van der Waals surface area contributed by atoms with Crippen molar-refractivity contribution in [1.82, 2.24) is 19.9 Å². The highest BCUT2D eigenvalue weighted by atomic mass is 35.5. The maximum absolute atomic E-state index is 17.1. The Kier molecular flexibility index (Phi) is 8.09. The van der Waals surface area contributed by atoms with E-state index in [1.807, 2.05) is 13.0 Å². The first-order valence-corrected chi connectivity index (χ1v) is 16.4. The lowest BCUT2D eigenvalue weighted by Crippen LogP contribution is -2.43. The fourth-order valence-electron chi connectivity index (χ4n) is 7.08. The molecule has 2 aliphatic rings. The number of fused-ring (bicyclic) bond motifs is 3. The summed E-state index contributed by atoms with van der Waals surface area (Å²) in [5, 5.41) is 13.3. The number of rotatable bonds is 8. The van der Waals surface area contributed by atoms with Crippen LogP contribution in [0.15, 0.2) is 30.5 Å². The van der Waals surface area contributed by atoms with Crippen molar-refractivity contribution < 1.29 is 22.6 Å². The Morgan fingerprint density at radius 3 is 2.81 bits per heavy atom. The molecule has 2 unspecified atom stereocenters. The van der Waals surface area contributed by atoms with Crippen LogP contribution in [0.1, 0.15) is 43.4 Å². The van der Waals surface area contributed by atoms with Crippen LogP contribution in [0.4, 0.5) is 29.8 Å². The number of hydrogen-bond acceptors (Lipinski definition) is 11. The molecule has 0 spiro atoms. The monoisotopic (exact) mass is 694 g/mol. The molecule has 15 heteroatoms. The van der Waals surface area contributed by atoms with E-state index in [9.17, 15) is 14.0 Å². The van der Waals surface area contributed by atoms with Crippen LogP contribution in [0, 0.1) is 23.0 Å². The number of nitrogens with one attached hydrogen (secondary N) is 1. The predicted molar refractivity (Wildman–Crippen MR) is 180 cm³/mol. The lowest BCUT2D eigenvalue weighted by molar-refractivity contribution is 0.107. The van der Waals surface area contributed by atoms with Crippen LogP contribution in [0.3, 0.4) is 0 Å². The number of halogens is 4. The summed E-state index contributed by atoms with van der Waals surface area (Å²) in [6, 6.07) is 7.40. The number of alkyl halides is 1. The van der Waals surface area contributed by atoms with E-state index >= 15 is 4.39 Å². The van der Waals surface area contributed by atoms with Crippen LogP contribution in [0.25, 0.3) is 32.1 Å². The molecule has 5 N–H and O–H groups in total. The molecule has 7 rings (SSSR count). The predicted octanol–water partition coefficient (Wildman–Crippen LogP) is 7.01. The van der Waals surface area contributed by atoms with Gasteiger partial charge < -0.3 is 26.3 Å². The summed E-state index contributed by atoms with van der Waals surface area (Å²) >= 11 is 7.81. The van der Waals surface area contributed by atoms with Gasteiger partial charge in [0.15, 0.2) is 11.6 Å². The van der Waals surface area contributed by atoms with Gasteiger partial charge in [0.25, 0.3) is 0 Å². The average molecular weight is 695 g/mol. The highest BCUT2D eigenvalue weighted by Crippen LogP contribution is 2.50. The highest BCUT2D eigenvalue weighted by Gasteiger charge is 2.49. The molecule has 5 aromatic rings. The topological polar surface area (TPSA) is 148 Å². The maximum atomic E-state index is 17.1.